The summed E-state index contributed by atoms with van der Waals surface area (Å²) < 4.78 is 0. The first-order valence-corrected chi connectivity index (χ1v) is 3.41. The van der Waals surface area contributed by atoms with Crippen molar-refractivity contribution in [1.82, 2.24) is 10.2 Å². The fraction of sp³-hybridized carbons (Fsp3) is 0.375. The van der Waals surface area contributed by atoms with Crippen LogP contribution >= 0.6 is 0 Å². The predicted octanol–water partition coefficient (Wildman–Crippen LogP) is 2.18. The highest BCUT2D eigenvalue weighted by Gasteiger charge is 2.04. The molecule has 1 heterocycles. The Morgan fingerprint density at radius 2 is 2.40 bits per heavy atom. The topological polar surface area (TPSA) is 28.7 Å². The molecule has 10 heavy (non-hydrogen) atoms. The van der Waals surface area contributed by atoms with Crippen molar-refractivity contribution in [3.8, 4) is 0 Å². The third-order valence-electron chi connectivity index (χ3n) is 1.52. The van der Waals surface area contributed by atoms with Gasteiger partial charge in [-0.15, -0.1) is 0 Å². The van der Waals surface area contributed by atoms with Crippen LogP contribution < -0.4 is 0 Å². The summed E-state index contributed by atoms with van der Waals surface area (Å²) in [7, 11) is 0. The Hall–Kier alpha value is -1.05. The van der Waals surface area contributed by atoms with E-state index < -0.39 is 0 Å². The first-order valence-electron chi connectivity index (χ1n) is 3.41. The second-order valence-electron chi connectivity index (χ2n) is 2.58. The van der Waals surface area contributed by atoms with Gasteiger partial charge in [-0.05, 0) is 17.6 Å². The van der Waals surface area contributed by atoms with Gasteiger partial charge in [0.1, 0.15) is 0 Å². The molecule has 0 radical (unpaired) electrons. The second kappa shape index (κ2) is 2.69. The largest absolute Gasteiger partial charge is 0.285 e. The molecule has 0 atom stereocenters. The molecule has 0 unspecified atom stereocenters. The van der Waals surface area contributed by atoms with E-state index in [0.717, 1.165) is 5.69 Å². The Morgan fingerprint density at radius 3 is 2.80 bits per heavy atom. The quantitative estimate of drug-likeness (QED) is 0.663. The highest BCUT2D eigenvalue weighted by molar-refractivity contribution is 5.46. The van der Waals surface area contributed by atoms with E-state index in [-0.39, 0.29) is 0 Å². The van der Waals surface area contributed by atoms with Gasteiger partial charge in [-0.25, -0.2) is 0 Å². The number of nitrogens with one attached hydrogen (secondary N) is 1. The number of aromatic amines is 1. The minimum Gasteiger partial charge on any atom is -0.285 e. The standard InChI is InChI=1S/C8H12N2/c1-4-8-7(6(2)3)5-9-10-8/h4-6H,1H2,2-3H3,(H,9,10). The summed E-state index contributed by atoms with van der Waals surface area (Å²) in [5.74, 6) is 0.520. The van der Waals surface area contributed by atoms with Gasteiger partial charge in [0.05, 0.1) is 5.69 Å². The van der Waals surface area contributed by atoms with Gasteiger partial charge in [0.2, 0.25) is 0 Å². The normalized spacial score (nSPS) is 10.3. The minimum atomic E-state index is 0.520. The van der Waals surface area contributed by atoms with Gasteiger partial charge < -0.3 is 0 Å². The van der Waals surface area contributed by atoms with E-state index in [9.17, 15) is 0 Å². The molecule has 0 saturated carbocycles. The first-order chi connectivity index (χ1) is 4.75. The third kappa shape index (κ3) is 1.10. The van der Waals surface area contributed by atoms with E-state index in [2.05, 4.69) is 30.6 Å². The lowest BCUT2D eigenvalue weighted by Crippen LogP contribution is -1.86. The molecule has 0 aliphatic rings. The smallest absolute Gasteiger partial charge is 0.0877 e. The Labute approximate surface area is 61.0 Å². The summed E-state index contributed by atoms with van der Waals surface area (Å²) in [6.07, 6.45) is 3.69. The summed E-state index contributed by atoms with van der Waals surface area (Å²) in [5.41, 5.74) is 2.20. The average molecular weight is 136 g/mol. The number of H-pyrrole nitrogens is 1. The molecule has 54 valence electrons. The summed E-state index contributed by atoms with van der Waals surface area (Å²) in [5, 5.41) is 6.82. The number of nitrogens with zero attached hydrogens (tertiary/aromatic N) is 1. The molecule has 1 aromatic rings. The summed E-state index contributed by atoms with van der Waals surface area (Å²) >= 11 is 0. The molecular weight excluding hydrogens is 124 g/mol. The van der Waals surface area contributed by atoms with Crippen LogP contribution in [0.15, 0.2) is 12.8 Å². The fourth-order valence-corrected chi connectivity index (χ4v) is 0.936. The lowest BCUT2D eigenvalue weighted by molar-refractivity contribution is 0.865. The Balaban J connectivity index is 3.01. The number of aromatic nitrogens is 2. The molecule has 0 bridgehead atoms. The van der Waals surface area contributed by atoms with Crippen LogP contribution in [0, 0.1) is 0 Å². The van der Waals surface area contributed by atoms with E-state index in [1.54, 1.807) is 6.08 Å². The van der Waals surface area contributed by atoms with Gasteiger partial charge in [-0.2, -0.15) is 5.10 Å². The summed E-state index contributed by atoms with van der Waals surface area (Å²) in [6, 6.07) is 0. The summed E-state index contributed by atoms with van der Waals surface area (Å²) in [4.78, 5) is 0. The molecule has 0 aromatic carbocycles. The SMILES string of the molecule is C=Cc1n[nH]cc1C(C)C. The predicted molar refractivity (Wildman–Crippen MR) is 42.8 cm³/mol. The monoisotopic (exact) mass is 136 g/mol. The van der Waals surface area contributed by atoms with Gasteiger partial charge in [0.15, 0.2) is 0 Å². The van der Waals surface area contributed by atoms with Gasteiger partial charge in [0, 0.05) is 6.20 Å². The maximum atomic E-state index is 4.01. The average Bonchev–Trinajstić information content (AvgIpc) is 2.33. The van der Waals surface area contributed by atoms with Crippen molar-refractivity contribution in [2.75, 3.05) is 0 Å². The molecule has 1 rings (SSSR count). The zero-order valence-electron chi connectivity index (χ0n) is 6.39. The molecule has 0 aliphatic heterocycles. The van der Waals surface area contributed by atoms with Crippen molar-refractivity contribution in [3.05, 3.63) is 24.0 Å². The number of hydrogen-bond acceptors (Lipinski definition) is 1. The zero-order valence-corrected chi connectivity index (χ0v) is 6.39. The van der Waals surface area contributed by atoms with Gasteiger partial charge in [-0.3, -0.25) is 5.10 Å². The lowest BCUT2D eigenvalue weighted by atomic mass is 10.0. The molecule has 1 N–H and O–H groups in total. The van der Waals surface area contributed by atoms with Crippen LogP contribution in [-0.2, 0) is 0 Å². The highest BCUT2D eigenvalue weighted by Crippen LogP contribution is 2.16. The van der Waals surface area contributed by atoms with E-state index in [1.165, 1.54) is 5.56 Å². The molecule has 0 spiro atoms. The number of rotatable bonds is 2. The Bertz CT molecular complexity index is 223. The molecule has 0 fully saturated rings. The van der Waals surface area contributed by atoms with Crippen molar-refractivity contribution in [2.45, 2.75) is 19.8 Å². The Morgan fingerprint density at radius 1 is 1.70 bits per heavy atom. The van der Waals surface area contributed by atoms with Crippen molar-refractivity contribution in [2.24, 2.45) is 0 Å². The molecule has 2 nitrogen and oxygen atoms in total. The van der Waals surface area contributed by atoms with Crippen LogP contribution in [-0.4, -0.2) is 10.2 Å². The van der Waals surface area contributed by atoms with Crippen LogP contribution in [0.4, 0.5) is 0 Å². The van der Waals surface area contributed by atoms with E-state index in [1.807, 2.05) is 6.20 Å². The molecule has 0 aliphatic carbocycles. The first kappa shape index (κ1) is 7.06. The maximum absolute atomic E-state index is 4.01. The van der Waals surface area contributed by atoms with Crippen molar-refractivity contribution >= 4 is 6.08 Å². The van der Waals surface area contributed by atoms with E-state index in [4.69, 9.17) is 0 Å². The second-order valence-corrected chi connectivity index (χ2v) is 2.58. The number of hydrogen-bond donors (Lipinski definition) is 1. The van der Waals surface area contributed by atoms with Crippen LogP contribution in [0.3, 0.4) is 0 Å². The van der Waals surface area contributed by atoms with Crippen LogP contribution in [0.5, 0.6) is 0 Å². The highest BCUT2D eigenvalue weighted by atomic mass is 15.1. The van der Waals surface area contributed by atoms with Gasteiger partial charge in [-0.1, -0.05) is 20.4 Å². The van der Waals surface area contributed by atoms with Crippen LogP contribution in [0.2, 0.25) is 0 Å². The molecule has 0 amide bonds. The Kier molecular flexibility index (Phi) is 1.90. The molecule has 0 saturated heterocycles. The zero-order chi connectivity index (χ0) is 7.56. The van der Waals surface area contributed by atoms with Crippen molar-refractivity contribution < 1.29 is 0 Å². The van der Waals surface area contributed by atoms with E-state index in [0.29, 0.717) is 5.92 Å². The summed E-state index contributed by atoms with van der Waals surface area (Å²) in [6.45, 7) is 7.94. The van der Waals surface area contributed by atoms with Gasteiger partial charge in [0.25, 0.3) is 0 Å². The minimum absolute atomic E-state index is 0.520. The van der Waals surface area contributed by atoms with Crippen molar-refractivity contribution in [3.63, 3.8) is 0 Å². The molecule has 2 heteroatoms. The van der Waals surface area contributed by atoms with E-state index >= 15 is 0 Å². The van der Waals surface area contributed by atoms with Crippen LogP contribution in [0.25, 0.3) is 6.08 Å². The van der Waals surface area contributed by atoms with Gasteiger partial charge >= 0.3 is 0 Å². The molecule has 1 aromatic heterocycles. The third-order valence-corrected chi connectivity index (χ3v) is 1.52. The fourth-order valence-electron chi connectivity index (χ4n) is 0.936. The maximum Gasteiger partial charge on any atom is 0.0877 e. The van der Waals surface area contributed by atoms with Crippen LogP contribution in [0.1, 0.15) is 31.0 Å². The lowest BCUT2D eigenvalue weighted by Gasteiger charge is -1.99. The van der Waals surface area contributed by atoms with Crippen molar-refractivity contribution in [1.29, 1.82) is 0 Å². The molecular formula is C8H12N2.